The number of nitrogens with one attached hydrogen (secondary N) is 1. The van der Waals surface area contributed by atoms with Gasteiger partial charge in [-0.15, -0.1) is 0 Å². The molecule has 0 aliphatic carbocycles. The van der Waals surface area contributed by atoms with Crippen molar-refractivity contribution in [3.63, 3.8) is 0 Å². The minimum absolute atomic E-state index is 0.687. The Morgan fingerprint density at radius 1 is 1.22 bits per heavy atom. The average Bonchev–Trinajstić information content (AvgIpc) is 2.38. The third-order valence-electron chi connectivity index (χ3n) is 2.67. The van der Waals surface area contributed by atoms with Gasteiger partial charge < -0.3 is 5.32 Å². The van der Waals surface area contributed by atoms with Crippen molar-refractivity contribution in [1.82, 2.24) is 15.0 Å². The zero-order valence-electron chi connectivity index (χ0n) is 11.1. The van der Waals surface area contributed by atoms with Gasteiger partial charge in [-0.1, -0.05) is 6.92 Å². The largest absolute Gasteiger partial charge is 0.354 e. The van der Waals surface area contributed by atoms with Crippen molar-refractivity contribution in [2.45, 2.75) is 27.2 Å². The molecule has 2 rings (SSSR count). The molecule has 18 heavy (non-hydrogen) atoms. The predicted octanol–water partition coefficient (Wildman–Crippen LogP) is 2.98. The standard InChI is InChI=1S/C14H18N4/c1-4-6-16-14-17-9-10(2)13(18-14)12-5-7-15-11(3)8-12/h5,7-9H,4,6H2,1-3H3,(H,16,17,18). The molecule has 0 spiro atoms. The van der Waals surface area contributed by atoms with Gasteiger partial charge in [0.2, 0.25) is 5.95 Å². The number of anilines is 1. The smallest absolute Gasteiger partial charge is 0.223 e. The van der Waals surface area contributed by atoms with Crippen molar-refractivity contribution in [2.24, 2.45) is 0 Å². The lowest BCUT2D eigenvalue weighted by Crippen LogP contribution is -2.05. The molecule has 0 aliphatic heterocycles. The van der Waals surface area contributed by atoms with E-state index in [1.165, 1.54) is 0 Å². The van der Waals surface area contributed by atoms with Crippen LogP contribution in [0.25, 0.3) is 11.3 Å². The number of hydrogen-bond donors (Lipinski definition) is 1. The summed E-state index contributed by atoms with van der Waals surface area (Å²) in [6.07, 6.45) is 4.72. The van der Waals surface area contributed by atoms with Crippen LogP contribution >= 0.6 is 0 Å². The summed E-state index contributed by atoms with van der Waals surface area (Å²) in [6.45, 7) is 7.01. The van der Waals surface area contributed by atoms with Gasteiger partial charge in [0.05, 0.1) is 5.69 Å². The molecule has 2 aromatic heterocycles. The highest BCUT2D eigenvalue weighted by Crippen LogP contribution is 2.21. The molecule has 94 valence electrons. The lowest BCUT2D eigenvalue weighted by atomic mass is 10.1. The molecule has 0 unspecified atom stereocenters. The number of aryl methyl sites for hydroxylation is 2. The number of nitrogens with zero attached hydrogens (tertiary/aromatic N) is 3. The fourth-order valence-corrected chi connectivity index (χ4v) is 1.75. The lowest BCUT2D eigenvalue weighted by Gasteiger charge is -2.08. The number of rotatable bonds is 4. The second-order valence-electron chi connectivity index (χ2n) is 4.34. The maximum absolute atomic E-state index is 4.57. The SMILES string of the molecule is CCCNc1ncc(C)c(-c2ccnc(C)c2)n1. The average molecular weight is 242 g/mol. The summed E-state index contributed by atoms with van der Waals surface area (Å²) in [5.41, 5.74) is 4.12. The number of aromatic nitrogens is 3. The Balaban J connectivity index is 2.37. The van der Waals surface area contributed by atoms with Gasteiger partial charge >= 0.3 is 0 Å². The lowest BCUT2D eigenvalue weighted by molar-refractivity contribution is 0.950. The quantitative estimate of drug-likeness (QED) is 0.895. The Labute approximate surface area is 108 Å². The molecule has 0 aliphatic rings. The van der Waals surface area contributed by atoms with Crippen LogP contribution in [0.2, 0.25) is 0 Å². The first-order chi connectivity index (χ1) is 8.70. The molecule has 0 amide bonds. The summed E-state index contributed by atoms with van der Waals surface area (Å²) in [5.74, 6) is 0.687. The minimum Gasteiger partial charge on any atom is -0.354 e. The predicted molar refractivity (Wildman–Crippen MR) is 73.5 cm³/mol. The van der Waals surface area contributed by atoms with E-state index in [1.807, 2.05) is 38.4 Å². The fraction of sp³-hybridized carbons (Fsp3) is 0.357. The highest BCUT2D eigenvalue weighted by Gasteiger charge is 2.06. The summed E-state index contributed by atoms with van der Waals surface area (Å²) in [5, 5.41) is 3.21. The summed E-state index contributed by atoms with van der Waals surface area (Å²) >= 11 is 0. The molecule has 1 N–H and O–H groups in total. The zero-order valence-corrected chi connectivity index (χ0v) is 11.1. The Bertz CT molecular complexity index is 537. The van der Waals surface area contributed by atoms with E-state index in [4.69, 9.17) is 0 Å². The van der Waals surface area contributed by atoms with Crippen molar-refractivity contribution in [3.05, 3.63) is 35.8 Å². The Hall–Kier alpha value is -1.97. The van der Waals surface area contributed by atoms with Gasteiger partial charge in [0.1, 0.15) is 0 Å². The van der Waals surface area contributed by atoms with Gasteiger partial charge in [0, 0.05) is 30.2 Å². The number of pyridine rings is 1. The Kier molecular flexibility index (Phi) is 3.87. The molecule has 0 saturated carbocycles. The second kappa shape index (κ2) is 5.58. The first-order valence-electron chi connectivity index (χ1n) is 6.21. The van der Waals surface area contributed by atoms with Crippen LogP contribution in [0, 0.1) is 13.8 Å². The van der Waals surface area contributed by atoms with Crippen LogP contribution in [0.5, 0.6) is 0 Å². The van der Waals surface area contributed by atoms with Gasteiger partial charge in [-0.2, -0.15) is 0 Å². The molecular formula is C14H18N4. The van der Waals surface area contributed by atoms with Crippen LogP contribution in [0.1, 0.15) is 24.6 Å². The van der Waals surface area contributed by atoms with Crippen LogP contribution in [0.15, 0.2) is 24.5 Å². The third-order valence-corrected chi connectivity index (χ3v) is 2.67. The normalized spacial score (nSPS) is 10.4. The van der Waals surface area contributed by atoms with E-state index in [1.54, 1.807) is 0 Å². The Morgan fingerprint density at radius 2 is 2.06 bits per heavy atom. The summed E-state index contributed by atoms with van der Waals surface area (Å²) in [4.78, 5) is 13.1. The van der Waals surface area contributed by atoms with E-state index < -0.39 is 0 Å². The summed E-state index contributed by atoms with van der Waals surface area (Å²) in [7, 11) is 0. The van der Waals surface area contributed by atoms with Gasteiger partial charge in [-0.05, 0) is 38.0 Å². The molecular weight excluding hydrogens is 224 g/mol. The van der Waals surface area contributed by atoms with Crippen LogP contribution < -0.4 is 5.32 Å². The summed E-state index contributed by atoms with van der Waals surface area (Å²) < 4.78 is 0. The number of hydrogen-bond acceptors (Lipinski definition) is 4. The first kappa shape index (κ1) is 12.5. The monoisotopic (exact) mass is 242 g/mol. The highest BCUT2D eigenvalue weighted by atomic mass is 15.1. The Morgan fingerprint density at radius 3 is 2.78 bits per heavy atom. The van der Waals surface area contributed by atoms with Crippen LogP contribution in [-0.4, -0.2) is 21.5 Å². The van der Waals surface area contributed by atoms with Crippen molar-refractivity contribution in [1.29, 1.82) is 0 Å². The van der Waals surface area contributed by atoms with E-state index >= 15 is 0 Å². The maximum atomic E-state index is 4.57. The van der Waals surface area contributed by atoms with Crippen LogP contribution in [-0.2, 0) is 0 Å². The first-order valence-corrected chi connectivity index (χ1v) is 6.21. The molecule has 4 heteroatoms. The fourth-order valence-electron chi connectivity index (χ4n) is 1.75. The van der Waals surface area contributed by atoms with E-state index in [-0.39, 0.29) is 0 Å². The molecule has 4 nitrogen and oxygen atoms in total. The molecule has 0 bridgehead atoms. The van der Waals surface area contributed by atoms with Crippen molar-refractivity contribution in [2.75, 3.05) is 11.9 Å². The molecule has 0 atom stereocenters. The van der Waals surface area contributed by atoms with Gasteiger partial charge in [0.15, 0.2) is 0 Å². The van der Waals surface area contributed by atoms with Crippen molar-refractivity contribution < 1.29 is 0 Å². The van der Waals surface area contributed by atoms with Crippen LogP contribution in [0.4, 0.5) is 5.95 Å². The van der Waals surface area contributed by atoms with E-state index in [0.717, 1.165) is 35.5 Å². The highest BCUT2D eigenvalue weighted by molar-refractivity contribution is 5.63. The molecule has 0 fully saturated rings. The third kappa shape index (κ3) is 2.83. The van der Waals surface area contributed by atoms with Gasteiger partial charge in [0.25, 0.3) is 0 Å². The van der Waals surface area contributed by atoms with E-state index in [0.29, 0.717) is 5.95 Å². The second-order valence-corrected chi connectivity index (χ2v) is 4.34. The summed E-state index contributed by atoms with van der Waals surface area (Å²) in [6, 6.07) is 4.02. The van der Waals surface area contributed by atoms with Gasteiger partial charge in [-0.3, -0.25) is 4.98 Å². The molecule has 0 radical (unpaired) electrons. The van der Waals surface area contributed by atoms with Crippen molar-refractivity contribution >= 4 is 5.95 Å². The zero-order chi connectivity index (χ0) is 13.0. The van der Waals surface area contributed by atoms with Crippen LogP contribution in [0.3, 0.4) is 0 Å². The van der Waals surface area contributed by atoms with E-state index in [9.17, 15) is 0 Å². The van der Waals surface area contributed by atoms with Gasteiger partial charge in [-0.25, -0.2) is 9.97 Å². The minimum atomic E-state index is 0.687. The van der Waals surface area contributed by atoms with E-state index in [2.05, 4.69) is 27.2 Å². The molecule has 2 heterocycles. The topological polar surface area (TPSA) is 50.7 Å². The van der Waals surface area contributed by atoms with Crippen molar-refractivity contribution in [3.8, 4) is 11.3 Å². The maximum Gasteiger partial charge on any atom is 0.223 e. The molecule has 0 aromatic carbocycles. The molecule has 2 aromatic rings. The molecule has 0 saturated heterocycles.